The second kappa shape index (κ2) is 9.80. The van der Waals surface area contributed by atoms with Crippen molar-refractivity contribution in [3.05, 3.63) is 84.0 Å². The minimum Gasteiger partial charge on any atom is -0.494 e. The van der Waals surface area contributed by atoms with Gasteiger partial charge in [-0.2, -0.15) is 0 Å². The number of pyridine rings is 1. The van der Waals surface area contributed by atoms with E-state index in [9.17, 15) is 13.2 Å². The summed E-state index contributed by atoms with van der Waals surface area (Å²) in [5, 5.41) is 4.94. The van der Waals surface area contributed by atoms with Crippen molar-refractivity contribution < 1.29 is 17.9 Å². The number of amides is 1. The SMILES string of the molecule is CCOc1ccc(S(=O)(=O)Nc2ccccc2C(=O)Nc2nc(-c3cccnc3)cs2)cc1. The van der Waals surface area contributed by atoms with Gasteiger partial charge in [0.15, 0.2) is 5.13 Å². The Labute approximate surface area is 195 Å². The Bertz CT molecular complexity index is 1350. The molecule has 4 rings (SSSR count). The highest BCUT2D eigenvalue weighted by Crippen LogP contribution is 2.26. The third kappa shape index (κ3) is 5.36. The summed E-state index contributed by atoms with van der Waals surface area (Å²) < 4.78 is 33.6. The molecule has 2 aromatic heterocycles. The quantitative estimate of drug-likeness (QED) is 0.380. The molecule has 2 N–H and O–H groups in total. The van der Waals surface area contributed by atoms with Crippen molar-refractivity contribution in [2.75, 3.05) is 16.6 Å². The highest BCUT2D eigenvalue weighted by atomic mass is 32.2. The number of benzene rings is 2. The van der Waals surface area contributed by atoms with E-state index in [4.69, 9.17) is 4.74 Å². The molecular weight excluding hydrogens is 460 g/mol. The molecule has 0 spiro atoms. The number of nitrogens with zero attached hydrogens (tertiary/aromatic N) is 2. The lowest BCUT2D eigenvalue weighted by Crippen LogP contribution is -2.18. The van der Waals surface area contributed by atoms with Gasteiger partial charge in [-0.05, 0) is 55.5 Å². The summed E-state index contributed by atoms with van der Waals surface area (Å²) in [5.74, 6) is 0.0948. The minimum absolute atomic E-state index is 0.0576. The first kappa shape index (κ1) is 22.4. The summed E-state index contributed by atoms with van der Waals surface area (Å²) in [5.41, 5.74) is 1.85. The van der Waals surface area contributed by atoms with Gasteiger partial charge < -0.3 is 4.74 Å². The van der Waals surface area contributed by atoms with Crippen LogP contribution in [0.15, 0.2) is 83.3 Å². The lowest BCUT2D eigenvalue weighted by Gasteiger charge is -2.12. The third-order valence-corrected chi connectivity index (χ3v) is 6.68. The minimum atomic E-state index is -3.91. The standard InChI is InChI=1S/C23H20N4O4S2/c1-2-31-17-9-11-18(12-10-17)33(29,30)27-20-8-4-3-7-19(20)22(28)26-23-25-21(15-32-23)16-6-5-13-24-14-16/h3-15,27H,2H2,1H3,(H,25,26,28). The number of rotatable bonds is 8. The van der Waals surface area contributed by atoms with Crippen molar-refractivity contribution in [1.29, 1.82) is 0 Å². The van der Waals surface area contributed by atoms with E-state index in [2.05, 4.69) is 20.0 Å². The van der Waals surface area contributed by atoms with Gasteiger partial charge in [-0.1, -0.05) is 12.1 Å². The predicted molar refractivity (Wildman–Crippen MR) is 128 cm³/mol. The van der Waals surface area contributed by atoms with Gasteiger partial charge in [0.25, 0.3) is 15.9 Å². The zero-order valence-corrected chi connectivity index (χ0v) is 19.2. The Hall–Kier alpha value is -3.76. The topological polar surface area (TPSA) is 110 Å². The summed E-state index contributed by atoms with van der Waals surface area (Å²) in [4.78, 5) is 21.5. The molecule has 2 aromatic carbocycles. The number of nitrogens with one attached hydrogen (secondary N) is 2. The van der Waals surface area contributed by atoms with Crippen molar-refractivity contribution in [3.63, 3.8) is 0 Å². The molecule has 1 amide bonds. The number of hydrogen-bond donors (Lipinski definition) is 2. The molecule has 0 aliphatic carbocycles. The molecule has 0 unspecified atom stereocenters. The van der Waals surface area contributed by atoms with Gasteiger partial charge in [0.2, 0.25) is 0 Å². The molecule has 0 saturated carbocycles. The molecule has 168 valence electrons. The Morgan fingerprint density at radius 3 is 2.58 bits per heavy atom. The zero-order valence-electron chi connectivity index (χ0n) is 17.6. The highest BCUT2D eigenvalue weighted by molar-refractivity contribution is 7.92. The van der Waals surface area contributed by atoms with Gasteiger partial charge in [-0.15, -0.1) is 11.3 Å². The number of sulfonamides is 1. The zero-order chi connectivity index (χ0) is 23.3. The van der Waals surface area contributed by atoms with Crippen molar-refractivity contribution in [1.82, 2.24) is 9.97 Å². The van der Waals surface area contributed by atoms with Crippen molar-refractivity contribution in [3.8, 4) is 17.0 Å². The van der Waals surface area contributed by atoms with E-state index in [1.807, 2.05) is 18.4 Å². The molecule has 10 heteroatoms. The van der Waals surface area contributed by atoms with Crippen molar-refractivity contribution >= 4 is 38.1 Å². The van der Waals surface area contributed by atoms with E-state index in [0.29, 0.717) is 23.2 Å². The summed E-state index contributed by atoms with van der Waals surface area (Å²) in [6, 6.07) is 16.1. The first-order valence-electron chi connectivity index (χ1n) is 9.98. The largest absolute Gasteiger partial charge is 0.494 e. The van der Waals surface area contributed by atoms with Crippen LogP contribution in [0.4, 0.5) is 10.8 Å². The number of hydrogen-bond acceptors (Lipinski definition) is 7. The molecular formula is C23H20N4O4S2. The monoisotopic (exact) mass is 480 g/mol. The molecule has 0 aliphatic heterocycles. The number of carbonyl (C=O) groups excluding carboxylic acids is 1. The van der Waals surface area contributed by atoms with Gasteiger partial charge >= 0.3 is 0 Å². The maximum Gasteiger partial charge on any atom is 0.261 e. The molecule has 33 heavy (non-hydrogen) atoms. The van der Waals surface area contributed by atoms with Gasteiger partial charge in [-0.3, -0.25) is 19.8 Å². The molecule has 4 aromatic rings. The van der Waals surface area contributed by atoms with Crippen molar-refractivity contribution in [2.24, 2.45) is 0 Å². The smallest absolute Gasteiger partial charge is 0.261 e. The fourth-order valence-electron chi connectivity index (χ4n) is 3.00. The fraction of sp³-hybridized carbons (Fsp3) is 0.0870. The van der Waals surface area contributed by atoms with E-state index in [-0.39, 0.29) is 16.1 Å². The van der Waals surface area contributed by atoms with E-state index in [1.54, 1.807) is 48.8 Å². The van der Waals surface area contributed by atoms with Crippen LogP contribution in [0.25, 0.3) is 11.3 Å². The van der Waals surface area contributed by atoms with Gasteiger partial charge in [-0.25, -0.2) is 13.4 Å². The Morgan fingerprint density at radius 1 is 1.06 bits per heavy atom. The molecule has 0 fully saturated rings. The van der Waals surface area contributed by atoms with E-state index >= 15 is 0 Å². The molecule has 0 radical (unpaired) electrons. The first-order valence-corrected chi connectivity index (χ1v) is 12.3. The maximum atomic E-state index is 12.9. The normalized spacial score (nSPS) is 11.1. The number of ether oxygens (including phenoxy) is 1. The molecule has 0 atom stereocenters. The van der Waals surface area contributed by atoms with E-state index in [0.717, 1.165) is 5.56 Å². The maximum absolute atomic E-state index is 12.9. The third-order valence-electron chi connectivity index (χ3n) is 4.54. The average Bonchev–Trinajstić information content (AvgIpc) is 3.29. The highest BCUT2D eigenvalue weighted by Gasteiger charge is 2.19. The molecule has 0 saturated heterocycles. The van der Waals surface area contributed by atoms with Crippen LogP contribution < -0.4 is 14.8 Å². The Morgan fingerprint density at radius 2 is 1.85 bits per heavy atom. The molecule has 0 bridgehead atoms. The van der Waals surface area contributed by atoms with Gasteiger partial charge in [0.1, 0.15) is 5.75 Å². The number of anilines is 2. The van der Waals surface area contributed by atoms with E-state index < -0.39 is 15.9 Å². The van der Waals surface area contributed by atoms with Crippen LogP contribution in [0.5, 0.6) is 5.75 Å². The number of para-hydroxylation sites is 1. The molecule has 0 aliphatic rings. The van der Waals surface area contributed by atoms with Gasteiger partial charge in [0, 0.05) is 23.3 Å². The summed E-state index contributed by atoms with van der Waals surface area (Å²) in [6.45, 7) is 2.33. The van der Waals surface area contributed by atoms with Crippen LogP contribution in [0, 0.1) is 0 Å². The van der Waals surface area contributed by atoms with Crippen LogP contribution in [0.1, 0.15) is 17.3 Å². The Kier molecular flexibility index (Phi) is 6.66. The van der Waals surface area contributed by atoms with E-state index in [1.165, 1.54) is 29.5 Å². The van der Waals surface area contributed by atoms with Crippen LogP contribution in [-0.2, 0) is 10.0 Å². The molecule has 8 nitrogen and oxygen atoms in total. The first-order chi connectivity index (χ1) is 16.0. The number of carbonyl (C=O) groups is 1. The second-order valence-electron chi connectivity index (χ2n) is 6.79. The lowest BCUT2D eigenvalue weighted by molar-refractivity contribution is 0.102. The summed E-state index contributed by atoms with van der Waals surface area (Å²) in [6.07, 6.45) is 3.36. The fourth-order valence-corrected chi connectivity index (χ4v) is 4.79. The van der Waals surface area contributed by atoms with Crippen LogP contribution in [-0.4, -0.2) is 30.9 Å². The van der Waals surface area contributed by atoms with Crippen LogP contribution in [0.2, 0.25) is 0 Å². The Balaban J connectivity index is 1.52. The second-order valence-corrected chi connectivity index (χ2v) is 9.33. The summed E-state index contributed by atoms with van der Waals surface area (Å²) >= 11 is 1.27. The predicted octanol–water partition coefficient (Wildman–Crippen LogP) is 4.66. The average molecular weight is 481 g/mol. The van der Waals surface area contributed by atoms with Crippen LogP contribution in [0.3, 0.4) is 0 Å². The molecule has 2 heterocycles. The van der Waals surface area contributed by atoms with Crippen molar-refractivity contribution in [2.45, 2.75) is 11.8 Å². The summed E-state index contributed by atoms with van der Waals surface area (Å²) in [7, 11) is -3.91. The van der Waals surface area contributed by atoms with Gasteiger partial charge in [0.05, 0.1) is 28.4 Å². The number of aromatic nitrogens is 2. The van der Waals surface area contributed by atoms with Crippen LogP contribution >= 0.6 is 11.3 Å². The number of thiazole rings is 1. The lowest BCUT2D eigenvalue weighted by atomic mass is 10.2.